The summed E-state index contributed by atoms with van der Waals surface area (Å²) in [6.45, 7) is 5.62. The van der Waals surface area contributed by atoms with Crippen LogP contribution in [-0.4, -0.2) is 42.3 Å². The predicted molar refractivity (Wildman–Crippen MR) is 48.7 cm³/mol. The Hall–Kier alpha value is -1.26. The number of amides is 1. The Morgan fingerprint density at radius 3 is 2.43 bits per heavy atom. The van der Waals surface area contributed by atoms with Crippen molar-refractivity contribution < 1.29 is 19.1 Å². The molecular formula is C9H15NO4. The third kappa shape index (κ3) is 1.54. The van der Waals surface area contributed by atoms with Gasteiger partial charge in [-0.2, -0.15) is 0 Å². The molecule has 0 aliphatic carbocycles. The first-order chi connectivity index (χ1) is 6.46. The Bertz CT molecular complexity index is 262. The lowest BCUT2D eigenvalue weighted by Crippen LogP contribution is -2.20. The molecule has 0 saturated carbocycles. The summed E-state index contributed by atoms with van der Waals surface area (Å²) < 4.78 is 9.39. The van der Waals surface area contributed by atoms with Crippen LogP contribution in [0.2, 0.25) is 0 Å². The summed E-state index contributed by atoms with van der Waals surface area (Å²) in [7, 11) is 1.31. The van der Waals surface area contributed by atoms with E-state index < -0.39 is 23.6 Å². The summed E-state index contributed by atoms with van der Waals surface area (Å²) in [5.41, 5.74) is -0.487. The zero-order chi connectivity index (χ0) is 10.9. The maximum atomic E-state index is 11.3. The molecule has 5 nitrogen and oxygen atoms in total. The number of hydrogen-bond donors (Lipinski definition) is 0. The van der Waals surface area contributed by atoms with Crippen molar-refractivity contribution in [3.63, 3.8) is 0 Å². The van der Waals surface area contributed by atoms with Crippen LogP contribution >= 0.6 is 0 Å². The minimum atomic E-state index is -0.508. The van der Waals surface area contributed by atoms with Crippen molar-refractivity contribution in [3.05, 3.63) is 0 Å². The second kappa shape index (κ2) is 3.48. The fourth-order valence-electron chi connectivity index (χ4n) is 1.52. The highest BCUT2D eigenvalue weighted by molar-refractivity contribution is 5.89. The van der Waals surface area contributed by atoms with Crippen LogP contribution in [0.3, 0.4) is 0 Å². The fraction of sp³-hybridized carbons (Fsp3) is 0.778. The van der Waals surface area contributed by atoms with E-state index in [9.17, 15) is 9.59 Å². The molecule has 0 N–H and O–H groups in total. The van der Waals surface area contributed by atoms with E-state index in [1.54, 1.807) is 20.8 Å². The summed E-state index contributed by atoms with van der Waals surface area (Å²) in [5, 5.41) is 0. The topological polar surface area (TPSA) is 55.6 Å². The second-order valence-electron chi connectivity index (χ2n) is 3.65. The highest BCUT2D eigenvalue weighted by atomic mass is 16.6. The van der Waals surface area contributed by atoms with E-state index in [0.717, 1.165) is 0 Å². The van der Waals surface area contributed by atoms with Crippen molar-refractivity contribution in [2.45, 2.75) is 32.4 Å². The molecule has 1 atom stereocenters. The first-order valence-corrected chi connectivity index (χ1v) is 4.50. The van der Waals surface area contributed by atoms with Crippen molar-refractivity contribution >= 4 is 12.1 Å². The van der Waals surface area contributed by atoms with E-state index in [0.29, 0.717) is 6.61 Å². The molecule has 1 fully saturated rings. The minimum absolute atomic E-state index is 0.305. The van der Waals surface area contributed by atoms with Gasteiger partial charge in [-0.1, -0.05) is 0 Å². The van der Waals surface area contributed by atoms with Gasteiger partial charge in [-0.25, -0.2) is 9.59 Å². The normalized spacial score (nSPS) is 22.9. The van der Waals surface area contributed by atoms with Crippen molar-refractivity contribution in [3.8, 4) is 0 Å². The molecule has 80 valence electrons. The Morgan fingerprint density at radius 2 is 2.00 bits per heavy atom. The molecule has 1 saturated heterocycles. The van der Waals surface area contributed by atoms with Crippen molar-refractivity contribution in [2.24, 2.45) is 0 Å². The van der Waals surface area contributed by atoms with Gasteiger partial charge in [0, 0.05) is 0 Å². The zero-order valence-electron chi connectivity index (χ0n) is 8.86. The van der Waals surface area contributed by atoms with Gasteiger partial charge < -0.3 is 9.47 Å². The van der Waals surface area contributed by atoms with Gasteiger partial charge in [-0.05, 0) is 20.8 Å². The van der Waals surface area contributed by atoms with E-state index in [1.165, 1.54) is 12.0 Å². The maximum Gasteiger partial charge on any atom is 0.411 e. The molecule has 1 amide bonds. The summed E-state index contributed by atoms with van der Waals surface area (Å²) >= 11 is 0. The van der Waals surface area contributed by atoms with Crippen LogP contribution in [-0.2, 0) is 14.3 Å². The molecule has 0 aromatic rings. The van der Waals surface area contributed by atoms with Crippen LogP contribution in [0, 0.1) is 0 Å². The van der Waals surface area contributed by atoms with Crippen LogP contribution in [0.5, 0.6) is 0 Å². The smallest absolute Gasteiger partial charge is 0.411 e. The van der Waals surface area contributed by atoms with Gasteiger partial charge in [0.25, 0.3) is 0 Å². The molecule has 5 heteroatoms. The second-order valence-corrected chi connectivity index (χ2v) is 3.65. The lowest BCUT2D eigenvalue weighted by molar-refractivity contribution is -0.140. The number of rotatable bonds is 2. The number of esters is 1. The van der Waals surface area contributed by atoms with E-state index in [1.807, 2.05) is 0 Å². The molecular weight excluding hydrogens is 186 g/mol. The molecule has 0 aromatic carbocycles. The van der Waals surface area contributed by atoms with Crippen LogP contribution in [0.25, 0.3) is 0 Å². The lowest BCUT2D eigenvalue weighted by Gasteiger charge is -2.05. The molecule has 0 bridgehead atoms. The molecule has 1 aliphatic heterocycles. The standard InChI is InChI=1S/C9H15NO4/c1-5-14-8(12)10-6(7(11)13-4)9(10,2)3/h6H,5H2,1-4H3/t6-,10?/m0/s1. The highest BCUT2D eigenvalue weighted by Crippen LogP contribution is 2.41. The molecule has 1 heterocycles. The van der Waals surface area contributed by atoms with Crippen LogP contribution in [0.15, 0.2) is 0 Å². The SMILES string of the molecule is CCOC(=O)N1[C@@H](C(=O)OC)C1(C)C. The first-order valence-electron chi connectivity index (χ1n) is 4.50. The predicted octanol–water partition coefficient (Wildman–Crippen LogP) is 0.779. The van der Waals surface area contributed by atoms with Gasteiger partial charge in [0.15, 0.2) is 6.04 Å². The number of carbonyl (C=O) groups excluding carboxylic acids is 2. The maximum absolute atomic E-state index is 11.3. The average molecular weight is 201 g/mol. The number of methoxy groups -OCH3 is 1. The van der Waals surface area contributed by atoms with Crippen LogP contribution in [0.1, 0.15) is 20.8 Å². The van der Waals surface area contributed by atoms with Gasteiger partial charge in [0.1, 0.15) is 0 Å². The summed E-state index contributed by atoms with van der Waals surface area (Å²) in [6, 6.07) is -0.508. The van der Waals surface area contributed by atoms with E-state index in [2.05, 4.69) is 4.74 Å². The van der Waals surface area contributed by atoms with Gasteiger partial charge in [0.2, 0.25) is 0 Å². The minimum Gasteiger partial charge on any atom is -0.467 e. The fourth-order valence-corrected chi connectivity index (χ4v) is 1.52. The Morgan fingerprint density at radius 1 is 1.43 bits per heavy atom. The number of hydrogen-bond acceptors (Lipinski definition) is 4. The first kappa shape index (κ1) is 10.8. The monoisotopic (exact) mass is 201 g/mol. The summed E-state index contributed by atoms with van der Waals surface area (Å²) in [5.74, 6) is -0.400. The van der Waals surface area contributed by atoms with Crippen molar-refractivity contribution in [1.82, 2.24) is 4.90 Å². The summed E-state index contributed by atoms with van der Waals surface area (Å²) in [4.78, 5) is 24.0. The van der Waals surface area contributed by atoms with E-state index >= 15 is 0 Å². The molecule has 0 aromatic heterocycles. The summed E-state index contributed by atoms with van der Waals surface area (Å²) in [6.07, 6.45) is -0.465. The van der Waals surface area contributed by atoms with Gasteiger partial charge in [-0.3, -0.25) is 4.90 Å². The van der Waals surface area contributed by atoms with Crippen LogP contribution in [0.4, 0.5) is 4.79 Å². The zero-order valence-corrected chi connectivity index (χ0v) is 8.86. The van der Waals surface area contributed by atoms with E-state index in [-0.39, 0.29) is 0 Å². The van der Waals surface area contributed by atoms with Crippen molar-refractivity contribution in [2.75, 3.05) is 13.7 Å². The third-order valence-corrected chi connectivity index (χ3v) is 2.37. The number of ether oxygens (including phenoxy) is 2. The average Bonchev–Trinajstić information content (AvgIpc) is 2.68. The molecule has 0 unspecified atom stereocenters. The Balaban J connectivity index is 2.65. The van der Waals surface area contributed by atoms with Gasteiger partial charge in [-0.15, -0.1) is 0 Å². The number of carbonyl (C=O) groups is 2. The van der Waals surface area contributed by atoms with Crippen molar-refractivity contribution in [1.29, 1.82) is 0 Å². The van der Waals surface area contributed by atoms with Gasteiger partial charge in [0.05, 0.1) is 19.3 Å². The molecule has 0 radical (unpaired) electrons. The molecule has 1 rings (SSSR count). The quantitative estimate of drug-likeness (QED) is 0.489. The van der Waals surface area contributed by atoms with Crippen LogP contribution < -0.4 is 0 Å². The molecule has 0 spiro atoms. The Kier molecular flexibility index (Phi) is 2.69. The Labute approximate surface area is 83.0 Å². The molecule has 14 heavy (non-hydrogen) atoms. The van der Waals surface area contributed by atoms with Gasteiger partial charge >= 0.3 is 12.1 Å². The largest absolute Gasteiger partial charge is 0.467 e. The third-order valence-electron chi connectivity index (χ3n) is 2.37. The lowest BCUT2D eigenvalue weighted by atomic mass is 10.1. The number of nitrogens with zero attached hydrogens (tertiary/aromatic N) is 1. The molecule has 1 aliphatic rings. The van der Waals surface area contributed by atoms with E-state index in [4.69, 9.17) is 4.74 Å². The highest BCUT2D eigenvalue weighted by Gasteiger charge is 2.64.